The third kappa shape index (κ3) is 3.26. The van der Waals surface area contributed by atoms with E-state index in [1.54, 1.807) is 0 Å². The van der Waals surface area contributed by atoms with Crippen LogP contribution in [0.5, 0.6) is 0 Å². The number of nitrogens with zero attached hydrogens (tertiary/aromatic N) is 2. The summed E-state index contributed by atoms with van der Waals surface area (Å²) < 4.78 is 0. The van der Waals surface area contributed by atoms with Crippen molar-refractivity contribution in [3.05, 3.63) is 35.9 Å². The van der Waals surface area contributed by atoms with E-state index >= 15 is 0 Å². The van der Waals surface area contributed by atoms with Gasteiger partial charge in [-0.15, -0.1) is 0 Å². The Morgan fingerprint density at radius 1 is 1.25 bits per heavy atom. The Morgan fingerprint density at radius 3 is 2.75 bits per heavy atom. The van der Waals surface area contributed by atoms with Crippen LogP contribution >= 0.6 is 0 Å². The fourth-order valence-corrected chi connectivity index (χ4v) is 2.37. The number of aromatic nitrogens is 1. The van der Waals surface area contributed by atoms with Gasteiger partial charge in [-0.25, -0.2) is 4.98 Å². The highest BCUT2D eigenvalue weighted by Crippen LogP contribution is 2.23. The van der Waals surface area contributed by atoms with Gasteiger partial charge in [-0.05, 0) is 24.1 Å². The average Bonchev–Trinajstić information content (AvgIpc) is 2.50. The van der Waals surface area contributed by atoms with Gasteiger partial charge in [0.1, 0.15) is 5.82 Å². The lowest BCUT2D eigenvalue weighted by molar-refractivity contribution is 0.301. The Bertz CT molecular complexity index is 556. The molecule has 20 heavy (non-hydrogen) atoms. The minimum atomic E-state index is 0.135. The van der Waals surface area contributed by atoms with Gasteiger partial charge in [-0.3, -0.25) is 0 Å². The Labute approximate surface area is 120 Å². The average molecular weight is 273 g/mol. The number of hydrogen-bond acceptors (Lipinski definition) is 4. The first-order chi connectivity index (χ1) is 9.80. The van der Waals surface area contributed by atoms with Gasteiger partial charge >= 0.3 is 0 Å². The predicted molar refractivity (Wildman–Crippen MR) is 83.8 cm³/mol. The highest BCUT2D eigenvalue weighted by Gasteiger charge is 2.10. The van der Waals surface area contributed by atoms with Crippen LogP contribution in [0.3, 0.4) is 0 Å². The summed E-state index contributed by atoms with van der Waals surface area (Å²) in [4.78, 5) is 6.85. The molecule has 1 heterocycles. The molecule has 0 atom stereocenters. The summed E-state index contributed by atoms with van der Waals surface area (Å²) in [7, 11) is 0. The maximum absolute atomic E-state index is 9.24. The van der Waals surface area contributed by atoms with Crippen molar-refractivity contribution in [1.82, 2.24) is 4.98 Å². The van der Waals surface area contributed by atoms with Gasteiger partial charge in [0, 0.05) is 25.0 Å². The van der Waals surface area contributed by atoms with Gasteiger partial charge in [-0.1, -0.05) is 31.5 Å². The van der Waals surface area contributed by atoms with Crippen molar-refractivity contribution in [3.8, 4) is 0 Å². The molecule has 2 rings (SSSR count). The predicted octanol–water partition coefficient (Wildman–Crippen LogP) is 2.29. The summed E-state index contributed by atoms with van der Waals surface area (Å²) >= 11 is 0. The molecule has 0 saturated carbocycles. The largest absolute Gasteiger partial charge is 0.395 e. The minimum absolute atomic E-state index is 0.135. The lowest BCUT2D eigenvalue weighted by atomic mass is 10.1. The van der Waals surface area contributed by atoms with Crippen molar-refractivity contribution >= 4 is 16.7 Å². The van der Waals surface area contributed by atoms with Crippen molar-refractivity contribution in [3.63, 3.8) is 0 Å². The second-order valence-corrected chi connectivity index (χ2v) is 4.93. The lowest BCUT2D eigenvalue weighted by Gasteiger charge is -2.23. The van der Waals surface area contributed by atoms with Crippen molar-refractivity contribution in [2.45, 2.75) is 26.3 Å². The van der Waals surface area contributed by atoms with E-state index in [9.17, 15) is 5.11 Å². The SMILES string of the molecule is CCCCN(CCO)c1cc(CN)c2ccccc2n1. The van der Waals surface area contributed by atoms with E-state index in [-0.39, 0.29) is 6.61 Å². The molecule has 0 saturated heterocycles. The molecule has 0 spiro atoms. The summed E-state index contributed by atoms with van der Waals surface area (Å²) in [6, 6.07) is 10.1. The number of anilines is 1. The number of pyridine rings is 1. The first kappa shape index (κ1) is 14.8. The van der Waals surface area contributed by atoms with Crippen LogP contribution in [-0.2, 0) is 6.54 Å². The van der Waals surface area contributed by atoms with Crippen LogP contribution in [0, 0.1) is 0 Å². The third-order valence-corrected chi connectivity index (χ3v) is 3.48. The number of fused-ring (bicyclic) bond motifs is 1. The number of rotatable bonds is 7. The zero-order valence-electron chi connectivity index (χ0n) is 12.0. The van der Waals surface area contributed by atoms with Crippen LogP contribution < -0.4 is 10.6 Å². The number of aliphatic hydroxyl groups excluding tert-OH is 1. The Hall–Kier alpha value is -1.65. The van der Waals surface area contributed by atoms with Gasteiger partial charge in [0.2, 0.25) is 0 Å². The summed E-state index contributed by atoms with van der Waals surface area (Å²) in [5.74, 6) is 0.909. The van der Waals surface area contributed by atoms with E-state index in [2.05, 4.69) is 17.9 Å². The molecule has 3 N–H and O–H groups in total. The molecule has 0 amide bonds. The van der Waals surface area contributed by atoms with Crippen LogP contribution in [0.1, 0.15) is 25.3 Å². The molecule has 4 heteroatoms. The van der Waals surface area contributed by atoms with E-state index in [0.29, 0.717) is 13.1 Å². The summed E-state index contributed by atoms with van der Waals surface area (Å²) in [6.07, 6.45) is 2.21. The molecular weight excluding hydrogens is 250 g/mol. The number of benzene rings is 1. The number of nitrogens with two attached hydrogens (primary N) is 1. The van der Waals surface area contributed by atoms with Crippen molar-refractivity contribution in [1.29, 1.82) is 0 Å². The molecule has 0 aliphatic heterocycles. The van der Waals surface area contributed by atoms with Crippen molar-refractivity contribution in [2.24, 2.45) is 5.73 Å². The number of hydrogen-bond donors (Lipinski definition) is 2. The van der Waals surface area contributed by atoms with Crippen LogP contribution in [0.15, 0.2) is 30.3 Å². The number of unbranched alkanes of at least 4 members (excludes halogenated alkanes) is 1. The molecule has 0 aliphatic rings. The summed E-state index contributed by atoms with van der Waals surface area (Å²) in [5.41, 5.74) is 7.93. The summed E-state index contributed by atoms with van der Waals surface area (Å²) in [6.45, 7) is 4.31. The normalized spacial score (nSPS) is 10.9. The fraction of sp³-hybridized carbons (Fsp3) is 0.438. The van der Waals surface area contributed by atoms with Gasteiger partial charge in [0.15, 0.2) is 0 Å². The van der Waals surface area contributed by atoms with E-state index < -0.39 is 0 Å². The molecule has 108 valence electrons. The second kappa shape index (κ2) is 7.22. The van der Waals surface area contributed by atoms with Gasteiger partial charge in [0.25, 0.3) is 0 Å². The highest BCUT2D eigenvalue weighted by atomic mass is 16.3. The van der Waals surface area contributed by atoms with Gasteiger partial charge < -0.3 is 15.7 Å². The standard InChI is InChI=1S/C16H23N3O/c1-2-3-8-19(9-10-20)16-11-13(12-17)14-6-4-5-7-15(14)18-16/h4-7,11,20H,2-3,8-10,12,17H2,1H3. The van der Waals surface area contributed by atoms with Crippen LogP contribution in [0.2, 0.25) is 0 Å². The lowest BCUT2D eigenvalue weighted by Crippen LogP contribution is -2.28. The first-order valence-electron chi connectivity index (χ1n) is 7.24. The van der Waals surface area contributed by atoms with Gasteiger partial charge in [-0.2, -0.15) is 0 Å². The van der Waals surface area contributed by atoms with E-state index in [1.807, 2.05) is 24.3 Å². The van der Waals surface area contributed by atoms with E-state index in [4.69, 9.17) is 10.7 Å². The topological polar surface area (TPSA) is 62.4 Å². The summed E-state index contributed by atoms with van der Waals surface area (Å²) in [5, 5.41) is 10.4. The molecular formula is C16H23N3O. The smallest absolute Gasteiger partial charge is 0.129 e. The maximum atomic E-state index is 9.24. The highest BCUT2D eigenvalue weighted by molar-refractivity contribution is 5.84. The molecule has 1 aromatic carbocycles. The quantitative estimate of drug-likeness (QED) is 0.812. The molecule has 0 radical (unpaired) electrons. The zero-order chi connectivity index (χ0) is 14.4. The molecule has 0 unspecified atom stereocenters. The number of aliphatic hydroxyl groups is 1. The molecule has 0 aliphatic carbocycles. The molecule has 0 bridgehead atoms. The maximum Gasteiger partial charge on any atom is 0.129 e. The van der Waals surface area contributed by atoms with Crippen molar-refractivity contribution < 1.29 is 5.11 Å². The molecule has 1 aromatic heterocycles. The number of para-hydroxylation sites is 1. The van der Waals surface area contributed by atoms with E-state index in [1.165, 1.54) is 0 Å². The van der Waals surface area contributed by atoms with Crippen LogP contribution in [0.4, 0.5) is 5.82 Å². The first-order valence-corrected chi connectivity index (χ1v) is 7.24. The monoisotopic (exact) mass is 273 g/mol. The zero-order valence-corrected chi connectivity index (χ0v) is 12.0. The second-order valence-electron chi connectivity index (χ2n) is 4.93. The van der Waals surface area contributed by atoms with Crippen LogP contribution in [-0.4, -0.2) is 29.8 Å². The fourth-order valence-electron chi connectivity index (χ4n) is 2.37. The molecule has 0 fully saturated rings. The van der Waals surface area contributed by atoms with Crippen molar-refractivity contribution in [2.75, 3.05) is 24.6 Å². The molecule has 4 nitrogen and oxygen atoms in total. The van der Waals surface area contributed by atoms with Gasteiger partial charge in [0.05, 0.1) is 12.1 Å². The third-order valence-electron chi connectivity index (χ3n) is 3.48. The Morgan fingerprint density at radius 2 is 2.05 bits per heavy atom. The van der Waals surface area contributed by atoms with E-state index in [0.717, 1.165) is 41.7 Å². The molecule has 2 aromatic rings. The Balaban J connectivity index is 2.40. The minimum Gasteiger partial charge on any atom is -0.395 e. The van der Waals surface area contributed by atoms with Crippen LogP contribution in [0.25, 0.3) is 10.9 Å². The Kier molecular flexibility index (Phi) is 5.32.